The van der Waals surface area contributed by atoms with Crippen LogP contribution in [0.2, 0.25) is 0 Å². The summed E-state index contributed by atoms with van der Waals surface area (Å²) in [6, 6.07) is 9.70. The van der Waals surface area contributed by atoms with Gasteiger partial charge >= 0.3 is 0 Å². The van der Waals surface area contributed by atoms with E-state index in [0.29, 0.717) is 32.2 Å². The summed E-state index contributed by atoms with van der Waals surface area (Å²) in [6.07, 6.45) is 2.06. The first-order valence-corrected chi connectivity index (χ1v) is 7.69. The molecule has 23 heavy (non-hydrogen) atoms. The van der Waals surface area contributed by atoms with Crippen molar-refractivity contribution in [2.45, 2.75) is 12.8 Å². The van der Waals surface area contributed by atoms with Crippen LogP contribution < -0.4 is 20.7 Å². The van der Waals surface area contributed by atoms with Crippen LogP contribution in [0.4, 0.5) is 0 Å². The maximum Gasteiger partial charge on any atom is 0.223 e. The third-order valence-corrected chi connectivity index (χ3v) is 3.29. The van der Waals surface area contributed by atoms with Crippen LogP contribution in [0.15, 0.2) is 35.3 Å². The number of guanidine groups is 1. The zero-order valence-electron chi connectivity index (χ0n) is 13.4. The molecule has 0 atom stereocenters. The lowest BCUT2D eigenvalue weighted by Crippen LogP contribution is -2.42. The van der Waals surface area contributed by atoms with E-state index in [4.69, 9.17) is 4.74 Å². The number of hydrogen-bond donors (Lipinski definition) is 3. The van der Waals surface area contributed by atoms with Gasteiger partial charge in [0.15, 0.2) is 5.96 Å². The van der Waals surface area contributed by atoms with E-state index in [9.17, 15) is 4.79 Å². The number of rotatable bonds is 8. The van der Waals surface area contributed by atoms with Gasteiger partial charge in [-0.05, 0) is 25.0 Å². The summed E-state index contributed by atoms with van der Waals surface area (Å²) in [7, 11) is 1.72. The Balaban J connectivity index is 0.00000264. The summed E-state index contributed by atoms with van der Waals surface area (Å²) in [6.45, 7) is 2.47. The van der Waals surface area contributed by atoms with Gasteiger partial charge in [-0.1, -0.05) is 18.2 Å². The van der Waals surface area contributed by atoms with Crippen molar-refractivity contribution in [3.63, 3.8) is 0 Å². The number of amides is 1. The third kappa shape index (κ3) is 8.06. The SMILES string of the molecule is CN=C(NCCNC(=O)C1CC1)NCCOc1ccccc1.I. The van der Waals surface area contributed by atoms with E-state index in [-0.39, 0.29) is 35.8 Å². The number of nitrogens with zero attached hydrogens (tertiary/aromatic N) is 1. The molecule has 128 valence electrons. The number of hydrogen-bond acceptors (Lipinski definition) is 3. The summed E-state index contributed by atoms with van der Waals surface area (Å²) >= 11 is 0. The van der Waals surface area contributed by atoms with Crippen LogP contribution >= 0.6 is 24.0 Å². The molecule has 0 aliphatic heterocycles. The fourth-order valence-electron chi connectivity index (χ4n) is 1.93. The first kappa shape index (κ1) is 19.5. The first-order chi connectivity index (χ1) is 10.8. The summed E-state index contributed by atoms with van der Waals surface area (Å²) in [5.41, 5.74) is 0. The Morgan fingerprint density at radius 1 is 1.13 bits per heavy atom. The van der Waals surface area contributed by atoms with Gasteiger partial charge < -0.3 is 20.7 Å². The Morgan fingerprint density at radius 3 is 2.43 bits per heavy atom. The third-order valence-electron chi connectivity index (χ3n) is 3.29. The van der Waals surface area contributed by atoms with Gasteiger partial charge in [0.05, 0.1) is 6.54 Å². The van der Waals surface area contributed by atoms with E-state index < -0.39 is 0 Å². The Labute approximate surface area is 154 Å². The average Bonchev–Trinajstić information content (AvgIpc) is 3.39. The van der Waals surface area contributed by atoms with E-state index >= 15 is 0 Å². The lowest BCUT2D eigenvalue weighted by atomic mass is 10.3. The van der Waals surface area contributed by atoms with Gasteiger partial charge in [-0.15, -0.1) is 24.0 Å². The van der Waals surface area contributed by atoms with E-state index in [1.165, 1.54) is 0 Å². The van der Waals surface area contributed by atoms with Crippen molar-refractivity contribution in [2.24, 2.45) is 10.9 Å². The number of carbonyl (C=O) groups is 1. The summed E-state index contributed by atoms with van der Waals surface area (Å²) < 4.78 is 5.59. The van der Waals surface area contributed by atoms with Crippen LogP contribution in [0.3, 0.4) is 0 Å². The molecule has 1 aliphatic rings. The topological polar surface area (TPSA) is 74.8 Å². The molecule has 0 heterocycles. The van der Waals surface area contributed by atoms with Crippen LogP contribution in [0.5, 0.6) is 5.75 Å². The number of carbonyl (C=O) groups excluding carboxylic acids is 1. The highest BCUT2D eigenvalue weighted by atomic mass is 127. The smallest absolute Gasteiger partial charge is 0.223 e. The molecule has 2 rings (SSSR count). The van der Waals surface area contributed by atoms with Crippen LogP contribution in [0.1, 0.15) is 12.8 Å². The van der Waals surface area contributed by atoms with Gasteiger partial charge in [0, 0.05) is 26.1 Å². The molecular formula is C16H25IN4O2. The van der Waals surface area contributed by atoms with E-state index in [1.54, 1.807) is 7.05 Å². The van der Waals surface area contributed by atoms with Gasteiger partial charge in [-0.3, -0.25) is 9.79 Å². The van der Waals surface area contributed by atoms with E-state index in [1.807, 2.05) is 30.3 Å². The molecule has 1 fully saturated rings. The van der Waals surface area contributed by atoms with Crippen LogP contribution in [-0.4, -0.2) is 45.2 Å². The van der Waals surface area contributed by atoms with Crippen molar-refractivity contribution in [3.05, 3.63) is 30.3 Å². The fraction of sp³-hybridized carbons (Fsp3) is 0.500. The number of aliphatic imine (C=N–C) groups is 1. The lowest BCUT2D eigenvalue weighted by molar-refractivity contribution is -0.122. The molecule has 1 aliphatic carbocycles. The standard InChI is InChI=1S/C16H24N4O2.HI/c1-17-16(19-10-9-18-15(21)13-7-8-13)20-11-12-22-14-5-3-2-4-6-14;/h2-6,13H,7-12H2,1H3,(H,18,21)(H2,17,19,20);1H. The minimum atomic E-state index is 0. The second kappa shape index (κ2) is 11.1. The molecule has 3 N–H and O–H groups in total. The molecule has 1 saturated carbocycles. The highest BCUT2D eigenvalue weighted by molar-refractivity contribution is 14.0. The molecule has 0 radical (unpaired) electrons. The molecule has 0 saturated heterocycles. The number of halogens is 1. The number of para-hydroxylation sites is 1. The van der Waals surface area contributed by atoms with Gasteiger partial charge in [0.25, 0.3) is 0 Å². The Morgan fingerprint density at radius 2 is 1.78 bits per heavy atom. The summed E-state index contributed by atoms with van der Waals surface area (Å²) in [5, 5.41) is 9.22. The Hall–Kier alpha value is -1.51. The zero-order valence-corrected chi connectivity index (χ0v) is 15.7. The molecule has 6 nitrogen and oxygen atoms in total. The molecule has 1 aromatic carbocycles. The quantitative estimate of drug-likeness (QED) is 0.251. The van der Waals surface area contributed by atoms with Crippen molar-refractivity contribution >= 4 is 35.8 Å². The van der Waals surface area contributed by atoms with Gasteiger partial charge in [0.2, 0.25) is 5.91 Å². The number of benzene rings is 1. The van der Waals surface area contributed by atoms with Gasteiger partial charge in [-0.2, -0.15) is 0 Å². The summed E-state index contributed by atoms with van der Waals surface area (Å²) in [4.78, 5) is 15.6. The fourth-order valence-corrected chi connectivity index (χ4v) is 1.93. The average molecular weight is 432 g/mol. The van der Waals surface area contributed by atoms with Crippen LogP contribution in [0, 0.1) is 5.92 Å². The molecule has 1 amide bonds. The van der Waals surface area contributed by atoms with Crippen molar-refractivity contribution in [1.29, 1.82) is 0 Å². The number of nitrogens with one attached hydrogen (secondary N) is 3. The lowest BCUT2D eigenvalue weighted by Gasteiger charge is -2.12. The minimum Gasteiger partial charge on any atom is -0.492 e. The maximum atomic E-state index is 11.5. The molecule has 1 aromatic rings. The minimum absolute atomic E-state index is 0. The molecule has 7 heteroatoms. The normalized spacial score (nSPS) is 13.7. The highest BCUT2D eigenvalue weighted by Crippen LogP contribution is 2.28. The molecule has 0 aromatic heterocycles. The van der Waals surface area contributed by atoms with Gasteiger partial charge in [0.1, 0.15) is 12.4 Å². The zero-order chi connectivity index (χ0) is 15.6. The molecule has 0 bridgehead atoms. The Kier molecular flexibility index (Phi) is 9.42. The molecule has 0 unspecified atom stereocenters. The Bertz CT molecular complexity index is 492. The van der Waals surface area contributed by atoms with E-state index in [0.717, 1.165) is 18.6 Å². The second-order valence-electron chi connectivity index (χ2n) is 5.15. The predicted octanol–water partition coefficient (Wildman–Crippen LogP) is 1.37. The highest BCUT2D eigenvalue weighted by Gasteiger charge is 2.28. The largest absolute Gasteiger partial charge is 0.492 e. The van der Waals surface area contributed by atoms with Crippen molar-refractivity contribution < 1.29 is 9.53 Å². The molecule has 0 spiro atoms. The maximum absolute atomic E-state index is 11.5. The van der Waals surface area contributed by atoms with Gasteiger partial charge in [-0.25, -0.2) is 0 Å². The number of ether oxygens (including phenoxy) is 1. The molecular weight excluding hydrogens is 407 g/mol. The second-order valence-corrected chi connectivity index (χ2v) is 5.15. The first-order valence-electron chi connectivity index (χ1n) is 7.69. The van der Waals surface area contributed by atoms with E-state index in [2.05, 4.69) is 20.9 Å². The summed E-state index contributed by atoms with van der Waals surface area (Å²) in [5.74, 6) is 1.99. The van der Waals surface area contributed by atoms with Crippen LogP contribution in [0.25, 0.3) is 0 Å². The van der Waals surface area contributed by atoms with Crippen molar-refractivity contribution in [3.8, 4) is 5.75 Å². The predicted molar refractivity (Wildman–Crippen MR) is 102 cm³/mol. The van der Waals surface area contributed by atoms with Crippen molar-refractivity contribution in [2.75, 3.05) is 33.3 Å². The van der Waals surface area contributed by atoms with Crippen molar-refractivity contribution in [1.82, 2.24) is 16.0 Å². The monoisotopic (exact) mass is 432 g/mol. The van der Waals surface area contributed by atoms with Crippen LogP contribution in [-0.2, 0) is 4.79 Å².